The lowest BCUT2D eigenvalue weighted by Gasteiger charge is -2.12. The summed E-state index contributed by atoms with van der Waals surface area (Å²) in [5.74, 6) is 0.657. The van der Waals surface area contributed by atoms with Crippen LogP contribution in [-0.2, 0) is 0 Å². The summed E-state index contributed by atoms with van der Waals surface area (Å²) in [5, 5.41) is 11.1. The molecule has 1 heterocycles. The number of hydrogen-bond donors (Lipinski definition) is 0. The van der Waals surface area contributed by atoms with Gasteiger partial charge in [-0.1, -0.05) is 23.2 Å². The summed E-state index contributed by atoms with van der Waals surface area (Å²) in [6.45, 7) is 6.86. The highest BCUT2D eigenvalue weighted by Gasteiger charge is 2.20. The first-order valence-corrected chi connectivity index (χ1v) is 10.8. The van der Waals surface area contributed by atoms with Gasteiger partial charge in [-0.2, -0.15) is 9.64 Å². The lowest BCUT2D eigenvalue weighted by Crippen LogP contribution is -2.14. The second-order valence-corrected chi connectivity index (χ2v) is 8.33. The first kappa shape index (κ1) is 22.1. The molecule has 154 valence electrons. The van der Waals surface area contributed by atoms with Crippen LogP contribution in [0, 0.1) is 25.2 Å². The molecule has 0 saturated carbocycles. The van der Waals surface area contributed by atoms with Gasteiger partial charge in [0.15, 0.2) is 0 Å². The van der Waals surface area contributed by atoms with Gasteiger partial charge >= 0.3 is 0 Å². The Hall–Kier alpha value is -2.59. The van der Waals surface area contributed by atoms with E-state index < -0.39 is 0 Å². The zero-order valence-corrected chi connectivity index (χ0v) is 19.4. The van der Waals surface area contributed by atoms with Gasteiger partial charge < -0.3 is 9.64 Å². The lowest BCUT2D eigenvalue weighted by atomic mass is 10.1. The van der Waals surface area contributed by atoms with Gasteiger partial charge in [0.25, 0.3) is 0 Å². The second kappa shape index (κ2) is 9.48. The highest BCUT2D eigenvalue weighted by Crippen LogP contribution is 2.41. The number of benzene rings is 2. The largest absolute Gasteiger partial charge is 0.443 e. The minimum absolute atomic E-state index is 0.341. The van der Waals surface area contributed by atoms with Crippen molar-refractivity contribution in [3.63, 3.8) is 0 Å². The number of nitrogens with zero attached hydrogens (tertiary/aromatic N) is 4. The van der Waals surface area contributed by atoms with Crippen molar-refractivity contribution in [1.82, 2.24) is 9.27 Å². The number of hydrogen-bond acceptors (Lipinski definition) is 5. The van der Waals surface area contributed by atoms with Gasteiger partial charge in [0.2, 0.25) is 5.06 Å². The molecule has 0 aliphatic carbocycles. The van der Waals surface area contributed by atoms with Crippen molar-refractivity contribution in [1.29, 1.82) is 5.26 Å². The maximum atomic E-state index is 9.73. The Kier molecular flexibility index (Phi) is 6.99. The van der Waals surface area contributed by atoms with Crippen molar-refractivity contribution in [3.8, 4) is 28.1 Å². The van der Waals surface area contributed by atoms with E-state index in [2.05, 4.69) is 22.4 Å². The van der Waals surface area contributed by atoms with Crippen LogP contribution < -0.4 is 4.74 Å². The maximum Gasteiger partial charge on any atom is 0.218 e. The Morgan fingerprint density at radius 1 is 1.23 bits per heavy atom. The summed E-state index contributed by atoms with van der Waals surface area (Å²) in [7, 11) is 1.97. The molecule has 1 aromatic heterocycles. The third-order valence-electron chi connectivity index (χ3n) is 4.55. The van der Waals surface area contributed by atoms with Gasteiger partial charge in [0, 0.05) is 35.7 Å². The molecule has 0 bridgehead atoms. The highest BCUT2D eigenvalue weighted by atomic mass is 35.5. The van der Waals surface area contributed by atoms with Crippen molar-refractivity contribution >= 4 is 46.8 Å². The molecule has 0 radical (unpaired) electrons. The van der Waals surface area contributed by atoms with Crippen LogP contribution in [0.5, 0.6) is 10.8 Å². The monoisotopic (exact) mass is 458 g/mol. The first-order chi connectivity index (χ1) is 14.3. The zero-order chi connectivity index (χ0) is 21.8. The molecular formula is C22H20Cl2N4OS. The maximum absolute atomic E-state index is 9.73. The van der Waals surface area contributed by atoms with E-state index in [9.17, 15) is 5.26 Å². The predicted molar refractivity (Wildman–Crippen MR) is 125 cm³/mol. The molecule has 0 amide bonds. The van der Waals surface area contributed by atoms with Gasteiger partial charge in [-0.15, -0.1) is 0 Å². The van der Waals surface area contributed by atoms with Gasteiger partial charge in [0.05, 0.1) is 17.0 Å². The molecule has 3 aromatic rings. The fourth-order valence-corrected chi connectivity index (χ4v) is 3.90. The molecule has 0 atom stereocenters. The van der Waals surface area contributed by atoms with Gasteiger partial charge in [0.1, 0.15) is 23.1 Å². The number of ether oxygens (including phenoxy) is 1. The second-order valence-electron chi connectivity index (χ2n) is 6.75. The van der Waals surface area contributed by atoms with E-state index in [1.54, 1.807) is 24.5 Å². The minimum Gasteiger partial charge on any atom is -0.443 e. The van der Waals surface area contributed by atoms with Crippen LogP contribution in [0.1, 0.15) is 23.6 Å². The van der Waals surface area contributed by atoms with E-state index in [1.165, 1.54) is 0 Å². The summed E-state index contributed by atoms with van der Waals surface area (Å²) in [6, 6.07) is 11.2. The molecule has 0 aliphatic heterocycles. The van der Waals surface area contributed by atoms with E-state index in [1.807, 2.05) is 37.9 Å². The van der Waals surface area contributed by atoms with Crippen LogP contribution in [0.4, 0.5) is 5.69 Å². The van der Waals surface area contributed by atoms with Crippen LogP contribution in [0.2, 0.25) is 10.0 Å². The third-order valence-corrected chi connectivity index (χ3v) is 5.82. The molecule has 2 aromatic carbocycles. The quantitative estimate of drug-likeness (QED) is 0.294. The van der Waals surface area contributed by atoms with Crippen LogP contribution in [-0.4, -0.2) is 29.2 Å². The number of aromatic nitrogens is 1. The van der Waals surface area contributed by atoms with Crippen LogP contribution in [0.15, 0.2) is 35.3 Å². The number of nitriles is 1. The van der Waals surface area contributed by atoms with E-state index in [0.29, 0.717) is 37.7 Å². The summed E-state index contributed by atoms with van der Waals surface area (Å²) in [5.41, 5.74) is 4.22. The number of halogens is 2. The molecular weight excluding hydrogens is 439 g/mol. The van der Waals surface area contributed by atoms with Gasteiger partial charge in [-0.3, -0.25) is 0 Å². The van der Waals surface area contributed by atoms with Crippen molar-refractivity contribution in [3.05, 3.63) is 57.1 Å². The number of aryl methyl sites for hydroxylation is 2. The molecule has 8 heteroatoms. The molecule has 0 fully saturated rings. The summed E-state index contributed by atoms with van der Waals surface area (Å²) < 4.78 is 10.5. The fraction of sp³-hybridized carbons (Fsp3) is 0.227. The number of rotatable bonds is 6. The normalized spacial score (nSPS) is 11.0. The van der Waals surface area contributed by atoms with Crippen LogP contribution in [0.3, 0.4) is 0 Å². The van der Waals surface area contributed by atoms with Gasteiger partial charge in [-0.25, -0.2) is 4.99 Å². The number of aliphatic imine (C=N–C) groups is 1. The predicted octanol–water partition coefficient (Wildman–Crippen LogP) is 7.01. The molecule has 0 unspecified atom stereocenters. The molecule has 0 saturated heterocycles. The molecule has 3 rings (SSSR count). The Balaban J connectivity index is 1.94. The molecule has 0 spiro atoms. The Morgan fingerprint density at radius 2 is 2.00 bits per heavy atom. The Bertz CT molecular complexity index is 1150. The van der Waals surface area contributed by atoms with Gasteiger partial charge in [-0.05, 0) is 62.2 Å². The fourth-order valence-electron chi connectivity index (χ4n) is 2.67. The summed E-state index contributed by atoms with van der Waals surface area (Å²) >= 11 is 13.4. The molecule has 0 N–H and O–H groups in total. The van der Waals surface area contributed by atoms with E-state index in [0.717, 1.165) is 34.9 Å². The highest BCUT2D eigenvalue weighted by molar-refractivity contribution is 7.08. The minimum atomic E-state index is 0.341. The smallest absolute Gasteiger partial charge is 0.218 e. The Labute approximate surface area is 190 Å². The van der Waals surface area contributed by atoms with Crippen molar-refractivity contribution in [2.75, 3.05) is 13.6 Å². The van der Waals surface area contributed by atoms with Crippen LogP contribution in [0.25, 0.3) is 11.3 Å². The average molecular weight is 459 g/mol. The van der Waals surface area contributed by atoms with Crippen molar-refractivity contribution in [2.24, 2.45) is 4.99 Å². The van der Waals surface area contributed by atoms with Crippen molar-refractivity contribution < 1.29 is 4.74 Å². The average Bonchev–Trinajstić information content (AvgIpc) is 3.11. The molecule has 30 heavy (non-hydrogen) atoms. The summed E-state index contributed by atoms with van der Waals surface area (Å²) in [6.07, 6.45) is 1.81. The Morgan fingerprint density at radius 3 is 2.67 bits per heavy atom. The standard InChI is InChI=1S/C22H20Cl2N4OS/c1-5-28(4)12-26-19-8-14(3)20(9-13(19)2)29-22-17(11-25)21(27-30-22)16-7-6-15(23)10-18(16)24/h6-10,12H,5H2,1-4H3/b26-12-. The van der Waals surface area contributed by atoms with Crippen molar-refractivity contribution in [2.45, 2.75) is 20.8 Å². The SMILES string of the molecule is CCN(C)/C=N\c1cc(C)c(Oc2snc(-c3ccc(Cl)cc3Cl)c2C#N)cc1C. The van der Waals surface area contributed by atoms with E-state index in [4.69, 9.17) is 27.9 Å². The molecule has 0 aliphatic rings. The zero-order valence-electron chi connectivity index (χ0n) is 17.0. The summed E-state index contributed by atoms with van der Waals surface area (Å²) in [4.78, 5) is 6.54. The first-order valence-electron chi connectivity index (χ1n) is 9.22. The van der Waals surface area contributed by atoms with Crippen LogP contribution >= 0.6 is 34.7 Å². The van der Waals surface area contributed by atoms with E-state index >= 15 is 0 Å². The molecule has 5 nitrogen and oxygen atoms in total. The topological polar surface area (TPSA) is 61.5 Å². The van der Waals surface area contributed by atoms with E-state index in [-0.39, 0.29) is 0 Å². The lowest BCUT2D eigenvalue weighted by molar-refractivity contribution is 0.491. The third kappa shape index (κ3) is 4.76.